The molecule has 0 spiro atoms. The van der Waals surface area contributed by atoms with Crippen LogP contribution in [0.5, 0.6) is 0 Å². The van der Waals surface area contributed by atoms with Gasteiger partial charge < -0.3 is 5.11 Å². The lowest BCUT2D eigenvalue weighted by Crippen LogP contribution is -2.15. The van der Waals surface area contributed by atoms with Gasteiger partial charge in [0.05, 0.1) is 11.5 Å². The van der Waals surface area contributed by atoms with Gasteiger partial charge in [-0.15, -0.1) is 0 Å². The summed E-state index contributed by atoms with van der Waals surface area (Å²) in [6, 6.07) is 6.41. The SMILES string of the molecule is Cc1ccc(S(=O)(=O)Nc2ncc(Br)cc2C)cc1CO. The van der Waals surface area contributed by atoms with Crippen LogP contribution in [0.4, 0.5) is 5.82 Å². The lowest BCUT2D eigenvalue weighted by molar-refractivity contribution is 0.281. The van der Waals surface area contributed by atoms with Gasteiger partial charge in [-0.3, -0.25) is 4.72 Å². The van der Waals surface area contributed by atoms with Crippen molar-refractivity contribution in [1.29, 1.82) is 0 Å². The third-order valence-corrected chi connectivity index (χ3v) is 4.85. The highest BCUT2D eigenvalue weighted by Crippen LogP contribution is 2.22. The summed E-state index contributed by atoms with van der Waals surface area (Å²) in [6.45, 7) is 3.38. The molecule has 1 heterocycles. The number of benzene rings is 1. The Morgan fingerprint density at radius 1 is 1.24 bits per heavy atom. The van der Waals surface area contributed by atoms with Crippen molar-refractivity contribution < 1.29 is 13.5 Å². The minimum absolute atomic E-state index is 0.0984. The number of pyridine rings is 1. The molecule has 0 saturated heterocycles. The van der Waals surface area contributed by atoms with E-state index in [1.807, 2.05) is 6.92 Å². The number of aliphatic hydroxyl groups excluding tert-OH is 1. The Morgan fingerprint density at radius 2 is 1.95 bits per heavy atom. The Morgan fingerprint density at radius 3 is 2.57 bits per heavy atom. The van der Waals surface area contributed by atoms with Crippen LogP contribution in [0.3, 0.4) is 0 Å². The van der Waals surface area contributed by atoms with Gasteiger partial charge in [-0.05, 0) is 64.7 Å². The second-order valence-corrected chi connectivity index (χ2v) is 7.27. The summed E-state index contributed by atoms with van der Waals surface area (Å²) >= 11 is 3.28. The Bertz CT molecular complexity index is 776. The number of hydrogen-bond acceptors (Lipinski definition) is 4. The van der Waals surface area contributed by atoms with E-state index in [4.69, 9.17) is 0 Å². The third kappa shape index (κ3) is 3.61. The van der Waals surface area contributed by atoms with Crippen LogP contribution in [0, 0.1) is 13.8 Å². The molecule has 0 fully saturated rings. The van der Waals surface area contributed by atoms with E-state index < -0.39 is 10.0 Å². The number of aliphatic hydroxyl groups is 1. The quantitative estimate of drug-likeness (QED) is 0.866. The summed E-state index contributed by atoms with van der Waals surface area (Å²) in [5.74, 6) is 0.282. The molecule has 2 rings (SSSR count). The molecule has 21 heavy (non-hydrogen) atoms. The molecule has 0 unspecified atom stereocenters. The average molecular weight is 371 g/mol. The lowest BCUT2D eigenvalue weighted by atomic mass is 10.1. The first-order valence-corrected chi connectivity index (χ1v) is 8.46. The minimum atomic E-state index is -3.74. The number of rotatable bonds is 4. The van der Waals surface area contributed by atoms with Gasteiger partial charge in [0, 0.05) is 10.7 Å². The van der Waals surface area contributed by atoms with E-state index in [-0.39, 0.29) is 17.3 Å². The van der Waals surface area contributed by atoms with Gasteiger partial charge in [0.25, 0.3) is 10.0 Å². The Labute approximate surface area is 132 Å². The van der Waals surface area contributed by atoms with Crippen LogP contribution in [0.25, 0.3) is 0 Å². The molecule has 0 amide bonds. The Balaban J connectivity index is 2.38. The molecule has 0 aliphatic heterocycles. The highest BCUT2D eigenvalue weighted by molar-refractivity contribution is 9.10. The molecule has 2 aromatic rings. The summed E-state index contributed by atoms with van der Waals surface area (Å²) in [5.41, 5.74) is 2.13. The molecule has 2 N–H and O–H groups in total. The molecule has 112 valence electrons. The van der Waals surface area contributed by atoms with Crippen LogP contribution in [-0.4, -0.2) is 18.5 Å². The van der Waals surface area contributed by atoms with E-state index in [1.165, 1.54) is 18.3 Å². The monoisotopic (exact) mass is 370 g/mol. The molecule has 0 bridgehead atoms. The van der Waals surface area contributed by atoms with Crippen LogP contribution in [0.1, 0.15) is 16.7 Å². The van der Waals surface area contributed by atoms with Crippen molar-refractivity contribution in [3.63, 3.8) is 0 Å². The first-order chi connectivity index (χ1) is 9.83. The molecule has 1 aromatic heterocycles. The summed E-state index contributed by atoms with van der Waals surface area (Å²) in [4.78, 5) is 4.16. The molecule has 7 heteroatoms. The standard InChI is InChI=1S/C14H15BrN2O3S/c1-9-3-4-13(6-11(9)8-18)21(19,20)17-14-10(2)5-12(15)7-16-14/h3-7,18H,8H2,1-2H3,(H,16,17). The second kappa shape index (κ2) is 6.13. The fourth-order valence-corrected chi connectivity index (χ4v) is 3.40. The number of aryl methyl sites for hydroxylation is 2. The molecule has 1 aromatic carbocycles. The van der Waals surface area contributed by atoms with Gasteiger partial charge in [0.1, 0.15) is 5.82 Å². The first-order valence-electron chi connectivity index (χ1n) is 6.19. The van der Waals surface area contributed by atoms with Crippen LogP contribution in [0.2, 0.25) is 0 Å². The van der Waals surface area contributed by atoms with E-state index in [1.54, 1.807) is 19.1 Å². The smallest absolute Gasteiger partial charge is 0.263 e. The normalized spacial score (nSPS) is 11.4. The van der Waals surface area contributed by atoms with Gasteiger partial charge in [-0.2, -0.15) is 0 Å². The molecule has 0 atom stereocenters. The number of nitrogens with one attached hydrogen (secondary N) is 1. The Hall–Kier alpha value is -1.44. The number of halogens is 1. The van der Waals surface area contributed by atoms with Gasteiger partial charge in [-0.25, -0.2) is 13.4 Å². The van der Waals surface area contributed by atoms with E-state index in [2.05, 4.69) is 25.6 Å². The average Bonchev–Trinajstić information content (AvgIpc) is 2.42. The zero-order valence-corrected chi connectivity index (χ0v) is 14.0. The summed E-state index contributed by atoms with van der Waals surface area (Å²) < 4.78 is 28.0. The summed E-state index contributed by atoms with van der Waals surface area (Å²) in [7, 11) is -3.74. The van der Waals surface area contributed by atoms with E-state index in [0.717, 1.165) is 10.0 Å². The third-order valence-electron chi connectivity index (χ3n) is 3.08. The van der Waals surface area contributed by atoms with Crippen molar-refractivity contribution in [3.05, 3.63) is 51.6 Å². The fourth-order valence-electron chi connectivity index (χ4n) is 1.82. The molecule has 0 radical (unpaired) electrons. The maximum Gasteiger partial charge on any atom is 0.263 e. The van der Waals surface area contributed by atoms with Crippen molar-refractivity contribution in [2.45, 2.75) is 25.3 Å². The van der Waals surface area contributed by atoms with Gasteiger partial charge >= 0.3 is 0 Å². The van der Waals surface area contributed by atoms with E-state index in [0.29, 0.717) is 11.1 Å². The molecule has 5 nitrogen and oxygen atoms in total. The van der Waals surface area contributed by atoms with E-state index >= 15 is 0 Å². The van der Waals surface area contributed by atoms with Crippen LogP contribution in [-0.2, 0) is 16.6 Å². The van der Waals surface area contributed by atoms with E-state index in [9.17, 15) is 13.5 Å². The topological polar surface area (TPSA) is 79.3 Å². The molecular formula is C14H15BrN2O3S. The van der Waals surface area contributed by atoms with Crippen LogP contribution < -0.4 is 4.72 Å². The fraction of sp³-hybridized carbons (Fsp3) is 0.214. The first kappa shape index (κ1) is 15.9. The van der Waals surface area contributed by atoms with Crippen LogP contribution in [0.15, 0.2) is 39.8 Å². The summed E-state index contributed by atoms with van der Waals surface area (Å²) in [5, 5.41) is 9.24. The number of aromatic nitrogens is 1. The van der Waals surface area contributed by atoms with Crippen molar-refractivity contribution >= 4 is 31.8 Å². The highest BCUT2D eigenvalue weighted by Gasteiger charge is 2.17. The number of sulfonamides is 1. The van der Waals surface area contributed by atoms with Gasteiger partial charge in [0.15, 0.2) is 0 Å². The van der Waals surface area contributed by atoms with Crippen molar-refractivity contribution in [2.24, 2.45) is 0 Å². The maximum absolute atomic E-state index is 12.4. The van der Waals surface area contributed by atoms with Crippen molar-refractivity contribution in [1.82, 2.24) is 4.98 Å². The van der Waals surface area contributed by atoms with Crippen LogP contribution >= 0.6 is 15.9 Å². The number of nitrogens with zero attached hydrogens (tertiary/aromatic N) is 1. The zero-order chi connectivity index (χ0) is 15.6. The van der Waals surface area contributed by atoms with Gasteiger partial charge in [-0.1, -0.05) is 6.07 Å². The van der Waals surface area contributed by atoms with Crippen molar-refractivity contribution in [3.8, 4) is 0 Å². The predicted octanol–water partition coefficient (Wildman–Crippen LogP) is 2.75. The van der Waals surface area contributed by atoms with Gasteiger partial charge in [0.2, 0.25) is 0 Å². The zero-order valence-electron chi connectivity index (χ0n) is 11.6. The number of anilines is 1. The highest BCUT2D eigenvalue weighted by atomic mass is 79.9. The Kier molecular flexibility index (Phi) is 4.65. The minimum Gasteiger partial charge on any atom is -0.392 e. The number of hydrogen-bond donors (Lipinski definition) is 2. The largest absolute Gasteiger partial charge is 0.392 e. The lowest BCUT2D eigenvalue weighted by Gasteiger charge is -2.11. The van der Waals surface area contributed by atoms with Crippen molar-refractivity contribution in [2.75, 3.05) is 4.72 Å². The second-order valence-electron chi connectivity index (χ2n) is 4.67. The summed E-state index contributed by atoms with van der Waals surface area (Å²) in [6.07, 6.45) is 1.53. The molecule has 0 aliphatic rings. The molecular weight excluding hydrogens is 356 g/mol. The predicted molar refractivity (Wildman–Crippen MR) is 84.6 cm³/mol. The maximum atomic E-state index is 12.4. The molecule has 0 saturated carbocycles. The molecule has 0 aliphatic carbocycles.